The van der Waals surface area contributed by atoms with Crippen LogP contribution in [0.5, 0.6) is 5.88 Å². The zero-order chi connectivity index (χ0) is 9.47. The van der Waals surface area contributed by atoms with Crippen LogP contribution >= 0.6 is 11.5 Å². The average molecular weight is 199 g/mol. The monoisotopic (exact) mass is 199 g/mol. The van der Waals surface area contributed by atoms with Gasteiger partial charge in [-0.3, -0.25) is 0 Å². The van der Waals surface area contributed by atoms with E-state index in [1.165, 1.54) is 11.5 Å². The Labute approximate surface area is 81.5 Å². The van der Waals surface area contributed by atoms with Crippen LogP contribution in [0.1, 0.15) is 24.6 Å². The minimum atomic E-state index is -0.631. The molecule has 1 aliphatic carbocycles. The largest absolute Gasteiger partial charge is 0.480 e. The molecule has 0 spiro atoms. The van der Waals surface area contributed by atoms with Crippen molar-refractivity contribution < 1.29 is 9.84 Å². The van der Waals surface area contributed by atoms with E-state index in [0.717, 1.165) is 17.7 Å². The summed E-state index contributed by atoms with van der Waals surface area (Å²) in [7, 11) is 1.59. The molecule has 0 aliphatic heterocycles. The third kappa shape index (κ3) is 1.25. The van der Waals surface area contributed by atoms with Gasteiger partial charge >= 0.3 is 0 Å². The summed E-state index contributed by atoms with van der Waals surface area (Å²) < 4.78 is 9.06. The molecule has 1 aromatic rings. The summed E-state index contributed by atoms with van der Waals surface area (Å²) in [6.07, 6.45) is 1.94. The van der Waals surface area contributed by atoms with Crippen LogP contribution in [0.15, 0.2) is 6.07 Å². The standard InChI is InChI=1S/C9H13NO2S/c1-6-3-4-9(6,11)7-5-8(12-2)10-13-7/h5-6,11H,3-4H2,1-2H3. The minimum absolute atomic E-state index is 0.345. The van der Waals surface area contributed by atoms with Gasteiger partial charge in [-0.15, -0.1) is 0 Å². The van der Waals surface area contributed by atoms with Crippen molar-refractivity contribution in [3.63, 3.8) is 0 Å². The molecule has 4 heteroatoms. The van der Waals surface area contributed by atoms with Gasteiger partial charge in [-0.2, -0.15) is 4.37 Å². The van der Waals surface area contributed by atoms with E-state index in [1.807, 2.05) is 6.07 Å². The van der Waals surface area contributed by atoms with Crippen LogP contribution in [0.4, 0.5) is 0 Å². The fourth-order valence-electron chi connectivity index (χ4n) is 1.63. The Morgan fingerprint density at radius 3 is 2.92 bits per heavy atom. The van der Waals surface area contributed by atoms with Crippen molar-refractivity contribution >= 4 is 11.5 Å². The Hall–Kier alpha value is -0.610. The van der Waals surface area contributed by atoms with Gasteiger partial charge in [-0.1, -0.05) is 6.92 Å². The zero-order valence-corrected chi connectivity index (χ0v) is 8.60. The van der Waals surface area contributed by atoms with Crippen LogP contribution in [-0.4, -0.2) is 16.6 Å². The lowest BCUT2D eigenvalue weighted by Crippen LogP contribution is -2.41. The summed E-state index contributed by atoms with van der Waals surface area (Å²) in [5, 5.41) is 10.2. The predicted octanol–water partition coefficient (Wildman–Crippen LogP) is 1.77. The summed E-state index contributed by atoms with van der Waals surface area (Å²) in [5.74, 6) is 0.949. The number of methoxy groups -OCH3 is 1. The molecular weight excluding hydrogens is 186 g/mol. The van der Waals surface area contributed by atoms with Gasteiger partial charge in [-0.25, -0.2) is 0 Å². The Morgan fingerprint density at radius 1 is 1.77 bits per heavy atom. The Morgan fingerprint density at radius 2 is 2.54 bits per heavy atom. The molecule has 1 heterocycles. The first-order valence-electron chi connectivity index (χ1n) is 4.40. The van der Waals surface area contributed by atoms with Gasteiger partial charge in [0.05, 0.1) is 12.0 Å². The summed E-state index contributed by atoms with van der Waals surface area (Å²) in [4.78, 5) is 0.933. The molecular formula is C9H13NO2S. The second-order valence-corrected chi connectivity index (χ2v) is 4.40. The Kier molecular flexibility index (Phi) is 2.04. The number of rotatable bonds is 2. The highest BCUT2D eigenvalue weighted by Gasteiger charge is 2.45. The van der Waals surface area contributed by atoms with Crippen molar-refractivity contribution in [2.75, 3.05) is 7.11 Å². The van der Waals surface area contributed by atoms with Gasteiger partial charge in [0.15, 0.2) is 0 Å². The quantitative estimate of drug-likeness (QED) is 0.789. The average Bonchev–Trinajstić information content (AvgIpc) is 2.62. The molecule has 0 bridgehead atoms. The highest BCUT2D eigenvalue weighted by atomic mass is 32.1. The number of ether oxygens (including phenoxy) is 1. The molecule has 2 unspecified atom stereocenters. The Bertz CT molecular complexity index is 312. The molecule has 1 fully saturated rings. The van der Waals surface area contributed by atoms with Crippen LogP contribution in [0.3, 0.4) is 0 Å². The SMILES string of the molecule is COc1cc(C2(O)CCC2C)sn1. The highest BCUT2D eigenvalue weighted by Crippen LogP contribution is 2.48. The van der Waals surface area contributed by atoms with Crippen molar-refractivity contribution in [2.24, 2.45) is 5.92 Å². The second kappa shape index (κ2) is 2.96. The van der Waals surface area contributed by atoms with E-state index in [9.17, 15) is 5.11 Å². The molecule has 0 saturated heterocycles. The highest BCUT2D eigenvalue weighted by molar-refractivity contribution is 7.06. The summed E-state index contributed by atoms with van der Waals surface area (Å²) in [5.41, 5.74) is -0.631. The summed E-state index contributed by atoms with van der Waals surface area (Å²) in [6.45, 7) is 2.07. The van der Waals surface area contributed by atoms with Gasteiger partial charge in [0.25, 0.3) is 0 Å². The molecule has 2 atom stereocenters. The van der Waals surface area contributed by atoms with Crippen molar-refractivity contribution in [3.8, 4) is 5.88 Å². The van der Waals surface area contributed by atoms with Crippen LogP contribution in [-0.2, 0) is 5.60 Å². The number of aromatic nitrogens is 1. The fraction of sp³-hybridized carbons (Fsp3) is 0.667. The van der Waals surface area contributed by atoms with Gasteiger partial charge in [0, 0.05) is 6.07 Å². The van der Waals surface area contributed by atoms with E-state index >= 15 is 0 Å². The maximum atomic E-state index is 10.2. The summed E-state index contributed by atoms with van der Waals surface area (Å²) >= 11 is 1.34. The first-order valence-corrected chi connectivity index (χ1v) is 5.17. The molecule has 1 aromatic heterocycles. The Balaban J connectivity index is 2.24. The van der Waals surface area contributed by atoms with Gasteiger partial charge in [0.2, 0.25) is 5.88 Å². The van der Waals surface area contributed by atoms with Gasteiger partial charge < -0.3 is 9.84 Å². The number of aliphatic hydroxyl groups is 1. The molecule has 2 rings (SSSR count). The third-order valence-corrected chi connectivity index (χ3v) is 3.84. The van der Waals surface area contributed by atoms with E-state index in [1.54, 1.807) is 7.11 Å². The minimum Gasteiger partial charge on any atom is -0.480 e. The molecule has 1 saturated carbocycles. The lowest BCUT2D eigenvalue weighted by atomic mass is 9.70. The predicted molar refractivity (Wildman–Crippen MR) is 51.0 cm³/mol. The van der Waals surface area contributed by atoms with Crippen molar-refractivity contribution in [1.29, 1.82) is 0 Å². The van der Waals surface area contributed by atoms with E-state index in [4.69, 9.17) is 4.74 Å². The smallest absolute Gasteiger partial charge is 0.225 e. The first kappa shape index (κ1) is 8.97. The van der Waals surface area contributed by atoms with Crippen molar-refractivity contribution in [3.05, 3.63) is 10.9 Å². The summed E-state index contributed by atoms with van der Waals surface area (Å²) in [6, 6.07) is 1.83. The molecule has 1 N–H and O–H groups in total. The lowest BCUT2D eigenvalue weighted by molar-refractivity contribution is -0.0900. The molecule has 72 valence electrons. The van der Waals surface area contributed by atoms with Crippen LogP contribution in [0, 0.1) is 5.92 Å². The van der Waals surface area contributed by atoms with E-state index in [-0.39, 0.29) is 0 Å². The number of hydrogen-bond donors (Lipinski definition) is 1. The second-order valence-electron chi connectivity index (χ2n) is 3.60. The maximum absolute atomic E-state index is 10.2. The maximum Gasteiger partial charge on any atom is 0.225 e. The fourth-order valence-corrected chi connectivity index (χ4v) is 2.56. The molecule has 3 nitrogen and oxygen atoms in total. The number of hydrogen-bond acceptors (Lipinski definition) is 4. The topological polar surface area (TPSA) is 42.4 Å². The molecule has 0 amide bonds. The van der Waals surface area contributed by atoms with E-state index in [2.05, 4.69) is 11.3 Å². The molecule has 13 heavy (non-hydrogen) atoms. The van der Waals surface area contributed by atoms with Crippen LogP contribution in [0.25, 0.3) is 0 Å². The van der Waals surface area contributed by atoms with Crippen molar-refractivity contribution in [2.45, 2.75) is 25.4 Å². The zero-order valence-electron chi connectivity index (χ0n) is 7.78. The normalized spacial score (nSPS) is 32.7. The van der Waals surface area contributed by atoms with Crippen molar-refractivity contribution in [1.82, 2.24) is 4.37 Å². The van der Waals surface area contributed by atoms with Crippen LogP contribution in [0.2, 0.25) is 0 Å². The molecule has 1 aliphatic rings. The first-order chi connectivity index (χ1) is 6.16. The van der Waals surface area contributed by atoms with Crippen LogP contribution < -0.4 is 4.74 Å². The molecule has 0 aromatic carbocycles. The third-order valence-electron chi connectivity index (χ3n) is 2.90. The van der Waals surface area contributed by atoms with E-state index in [0.29, 0.717) is 11.8 Å². The lowest BCUT2D eigenvalue weighted by Gasteiger charge is -2.42. The van der Waals surface area contributed by atoms with Gasteiger partial charge in [0.1, 0.15) is 5.60 Å². The van der Waals surface area contributed by atoms with E-state index < -0.39 is 5.60 Å². The number of nitrogens with zero attached hydrogens (tertiary/aromatic N) is 1. The van der Waals surface area contributed by atoms with Gasteiger partial charge in [-0.05, 0) is 30.3 Å². The molecule has 0 radical (unpaired) electrons.